The Labute approximate surface area is 154 Å². The highest BCUT2D eigenvalue weighted by molar-refractivity contribution is 6.00. The van der Waals surface area contributed by atoms with Gasteiger partial charge in [-0.15, -0.1) is 0 Å². The average Bonchev–Trinajstić information content (AvgIpc) is 2.85. The monoisotopic (exact) mass is 347 g/mol. The van der Waals surface area contributed by atoms with Crippen molar-refractivity contribution >= 4 is 11.5 Å². The number of ketones is 1. The van der Waals surface area contributed by atoms with Crippen molar-refractivity contribution in [1.82, 2.24) is 9.88 Å². The van der Waals surface area contributed by atoms with E-state index in [1.165, 1.54) is 38.2 Å². The molecule has 2 aromatic rings. The smallest absolute Gasteiger partial charge is 0.160 e. The molecule has 4 aliphatic heterocycles. The second-order valence-electron chi connectivity index (χ2n) is 8.26. The Balaban J connectivity index is 1.52. The molecule has 4 aliphatic rings. The molecule has 0 amide bonds. The van der Waals surface area contributed by atoms with Crippen molar-refractivity contribution in [1.29, 1.82) is 0 Å². The molecule has 0 N–H and O–H groups in total. The number of aromatic nitrogens is 1. The molecule has 6 rings (SSSR count). The van der Waals surface area contributed by atoms with E-state index in [0.29, 0.717) is 6.04 Å². The number of piperidine rings is 2. The van der Waals surface area contributed by atoms with Gasteiger partial charge in [0, 0.05) is 49.5 Å². The summed E-state index contributed by atoms with van der Waals surface area (Å²) >= 11 is 0. The number of fused-ring (bicyclic) bond motifs is 1. The maximum absolute atomic E-state index is 12.0. The fraction of sp³-hybridized carbons (Fsp3) is 0.455. The molecule has 4 atom stereocenters. The van der Waals surface area contributed by atoms with Gasteiger partial charge in [0.1, 0.15) is 0 Å². The molecule has 134 valence electrons. The summed E-state index contributed by atoms with van der Waals surface area (Å²) in [7, 11) is 0. The van der Waals surface area contributed by atoms with Gasteiger partial charge in [-0.1, -0.05) is 24.3 Å². The minimum absolute atomic E-state index is 0.101. The first kappa shape index (κ1) is 16.0. The third kappa shape index (κ3) is 2.73. The largest absolute Gasteiger partial charge is 0.366 e. The summed E-state index contributed by atoms with van der Waals surface area (Å²) in [6, 6.07) is 10.7. The van der Waals surface area contributed by atoms with E-state index < -0.39 is 0 Å². The maximum atomic E-state index is 12.0. The van der Waals surface area contributed by atoms with Gasteiger partial charge in [-0.3, -0.25) is 9.78 Å². The molecule has 4 saturated heterocycles. The van der Waals surface area contributed by atoms with E-state index in [0.717, 1.165) is 35.1 Å². The Morgan fingerprint density at radius 2 is 1.88 bits per heavy atom. The van der Waals surface area contributed by atoms with Crippen molar-refractivity contribution in [3.63, 3.8) is 0 Å². The van der Waals surface area contributed by atoms with E-state index in [4.69, 9.17) is 0 Å². The molecular formula is C22H25N3O. The molecule has 4 nitrogen and oxygen atoms in total. The van der Waals surface area contributed by atoms with Crippen LogP contribution in [0.1, 0.15) is 30.1 Å². The lowest BCUT2D eigenvalue weighted by molar-refractivity contribution is 0.0980. The molecule has 0 spiro atoms. The van der Waals surface area contributed by atoms with Gasteiger partial charge in [-0.2, -0.15) is 0 Å². The lowest BCUT2D eigenvalue weighted by atomic mass is 9.84. The molecule has 26 heavy (non-hydrogen) atoms. The minimum atomic E-state index is 0.101. The molecule has 1 aromatic carbocycles. The van der Waals surface area contributed by atoms with Crippen LogP contribution in [0.2, 0.25) is 0 Å². The second-order valence-corrected chi connectivity index (χ2v) is 8.26. The first-order valence-corrected chi connectivity index (χ1v) is 9.72. The predicted molar refractivity (Wildman–Crippen MR) is 103 cm³/mol. The molecule has 1 aromatic heterocycles. The first-order chi connectivity index (χ1) is 12.7. The number of hydrogen-bond donors (Lipinski definition) is 0. The molecule has 4 bridgehead atoms. The van der Waals surface area contributed by atoms with E-state index in [1.807, 2.05) is 36.7 Å². The topological polar surface area (TPSA) is 36.4 Å². The number of hydrogen-bond acceptors (Lipinski definition) is 4. The van der Waals surface area contributed by atoms with E-state index in [9.17, 15) is 4.79 Å². The van der Waals surface area contributed by atoms with Gasteiger partial charge in [0.15, 0.2) is 5.78 Å². The van der Waals surface area contributed by atoms with Crippen LogP contribution in [0.3, 0.4) is 0 Å². The van der Waals surface area contributed by atoms with Crippen LogP contribution in [0.25, 0.3) is 11.1 Å². The number of rotatable bonds is 3. The van der Waals surface area contributed by atoms with Gasteiger partial charge >= 0.3 is 0 Å². The summed E-state index contributed by atoms with van der Waals surface area (Å²) in [5.41, 5.74) is 4.00. The Kier molecular flexibility index (Phi) is 3.82. The normalized spacial score (nSPS) is 29.7. The summed E-state index contributed by atoms with van der Waals surface area (Å²) in [4.78, 5) is 21.8. The zero-order valence-electron chi connectivity index (χ0n) is 15.3. The van der Waals surface area contributed by atoms with Crippen LogP contribution < -0.4 is 4.90 Å². The van der Waals surface area contributed by atoms with Crippen LogP contribution in [0.5, 0.6) is 0 Å². The van der Waals surface area contributed by atoms with Crippen molar-refractivity contribution in [2.45, 2.75) is 25.8 Å². The predicted octanol–water partition coefficient (Wildman–Crippen LogP) is 3.48. The molecule has 5 heterocycles. The first-order valence-electron chi connectivity index (χ1n) is 9.72. The summed E-state index contributed by atoms with van der Waals surface area (Å²) in [6.07, 6.45) is 6.57. The molecule has 4 fully saturated rings. The van der Waals surface area contributed by atoms with Crippen LogP contribution >= 0.6 is 0 Å². The van der Waals surface area contributed by atoms with Crippen LogP contribution in [-0.2, 0) is 0 Å². The van der Waals surface area contributed by atoms with Crippen LogP contribution in [-0.4, -0.2) is 47.9 Å². The fourth-order valence-corrected chi connectivity index (χ4v) is 5.38. The summed E-state index contributed by atoms with van der Waals surface area (Å²) in [5.74, 6) is 1.74. The summed E-state index contributed by atoms with van der Waals surface area (Å²) in [5, 5.41) is 0. The standard InChI is InChI=1S/C22H25N3O/c1-15(26)21-4-2-3-5-22(21)18-8-19(10-23-9-18)25-13-17-6-16-7-20(25)14-24(11-16)12-17/h2-5,8-10,16-17,20H,6-7,11-14H2,1H3. The van der Waals surface area contributed by atoms with Gasteiger partial charge in [-0.05, 0) is 43.2 Å². The zero-order chi connectivity index (χ0) is 17.7. The zero-order valence-corrected chi connectivity index (χ0v) is 15.3. The van der Waals surface area contributed by atoms with Crippen molar-refractivity contribution in [3.8, 4) is 11.1 Å². The van der Waals surface area contributed by atoms with Gasteiger partial charge in [0.05, 0.1) is 11.9 Å². The van der Waals surface area contributed by atoms with Gasteiger partial charge < -0.3 is 9.80 Å². The van der Waals surface area contributed by atoms with Crippen LogP contribution in [0.15, 0.2) is 42.7 Å². The Bertz CT molecular complexity index is 835. The van der Waals surface area contributed by atoms with Crippen LogP contribution in [0.4, 0.5) is 5.69 Å². The van der Waals surface area contributed by atoms with Gasteiger partial charge in [0.2, 0.25) is 0 Å². The molecule has 0 radical (unpaired) electrons. The molecule has 4 heteroatoms. The van der Waals surface area contributed by atoms with Gasteiger partial charge in [0.25, 0.3) is 0 Å². The SMILES string of the molecule is CC(=O)c1ccccc1-c1cncc(N2CC3CC4CC2CN(C4)C3)c1. The number of carbonyl (C=O) groups is 1. The summed E-state index contributed by atoms with van der Waals surface area (Å²) in [6.45, 7) is 6.50. The van der Waals surface area contributed by atoms with E-state index in [-0.39, 0.29) is 5.78 Å². The third-order valence-electron chi connectivity index (χ3n) is 6.34. The highest BCUT2D eigenvalue weighted by Gasteiger charge is 2.41. The molecule has 4 unspecified atom stereocenters. The van der Waals surface area contributed by atoms with E-state index >= 15 is 0 Å². The fourth-order valence-electron chi connectivity index (χ4n) is 5.38. The molecule has 0 saturated carbocycles. The Hall–Kier alpha value is -2.20. The maximum Gasteiger partial charge on any atom is 0.160 e. The number of nitrogens with zero attached hydrogens (tertiary/aromatic N) is 3. The molecule has 0 aliphatic carbocycles. The lowest BCUT2D eigenvalue weighted by Crippen LogP contribution is -2.49. The average molecular weight is 347 g/mol. The van der Waals surface area contributed by atoms with Crippen molar-refractivity contribution < 1.29 is 4.79 Å². The number of Topliss-reactive ketones (excluding diaryl/α,β-unsaturated/α-hetero) is 1. The van der Waals surface area contributed by atoms with Gasteiger partial charge in [-0.25, -0.2) is 0 Å². The second kappa shape index (κ2) is 6.20. The highest BCUT2D eigenvalue weighted by Crippen LogP contribution is 2.39. The quantitative estimate of drug-likeness (QED) is 0.797. The highest BCUT2D eigenvalue weighted by atomic mass is 16.1. The van der Waals surface area contributed by atoms with Crippen LogP contribution in [0, 0.1) is 11.8 Å². The van der Waals surface area contributed by atoms with E-state index in [1.54, 1.807) is 6.92 Å². The summed E-state index contributed by atoms with van der Waals surface area (Å²) < 4.78 is 0. The number of anilines is 1. The van der Waals surface area contributed by atoms with E-state index in [2.05, 4.69) is 20.9 Å². The van der Waals surface area contributed by atoms with Crippen molar-refractivity contribution in [2.24, 2.45) is 11.8 Å². The van der Waals surface area contributed by atoms with Crippen molar-refractivity contribution in [2.75, 3.05) is 31.1 Å². The molecular weight excluding hydrogens is 322 g/mol. The Morgan fingerprint density at radius 3 is 2.73 bits per heavy atom. The minimum Gasteiger partial charge on any atom is -0.366 e. The Morgan fingerprint density at radius 1 is 1.04 bits per heavy atom. The number of pyridine rings is 1. The number of carbonyl (C=O) groups excluding carboxylic acids is 1. The lowest BCUT2D eigenvalue weighted by Gasteiger charge is -2.41. The third-order valence-corrected chi connectivity index (χ3v) is 6.34. The van der Waals surface area contributed by atoms with Crippen molar-refractivity contribution in [3.05, 3.63) is 48.3 Å². The number of benzene rings is 1.